The van der Waals surface area contributed by atoms with Crippen LogP contribution in [0.25, 0.3) is 0 Å². The molecule has 0 aliphatic carbocycles. The molecule has 0 radical (unpaired) electrons. The van der Waals surface area contributed by atoms with Gasteiger partial charge in [-0.1, -0.05) is 13.2 Å². The van der Waals surface area contributed by atoms with Crippen LogP contribution in [0, 0.1) is 0 Å². The summed E-state index contributed by atoms with van der Waals surface area (Å²) >= 11 is 0. The molecule has 0 amide bonds. The highest BCUT2D eigenvalue weighted by molar-refractivity contribution is 7.89. The summed E-state index contributed by atoms with van der Waals surface area (Å²) in [6.07, 6.45) is 2.00. The molecular formula is C20H33N3O12S3. The fraction of sp³-hybridized carbons (Fsp3) is 0.650. The van der Waals surface area contributed by atoms with E-state index in [4.69, 9.17) is 0 Å². The Bertz CT molecular complexity index is 1370. The number of unbranched alkanes of at least 4 members (excludes halogenated alkanes) is 3. The van der Waals surface area contributed by atoms with E-state index in [9.17, 15) is 39.6 Å². The molecule has 1 heterocycles. The molecular weight excluding hydrogens is 570 g/mol. The maximum atomic E-state index is 12.9. The van der Waals surface area contributed by atoms with Crippen molar-refractivity contribution in [1.82, 2.24) is 13.7 Å². The fourth-order valence-corrected chi connectivity index (χ4v) is 4.34. The molecule has 15 nitrogen and oxygen atoms in total. The van der Waals surface area contributed by atoms with Crippen LogP contribution in [0.2, 0.25) is 0 Å². The summed E-state index contributed by atoms with van der Waals surface area (Å²) in [5.41, 5.74) is -2.63. The van der Waals surface area contributed by atoms with Crippen molar-refractivity contribution in [2.45, 2.75) is 58.2 Å². The summed E-state index contributed by atoms with van der Waals surface area (Å²) in [7, 11) is -11.4. The third-order valence-electron chi connectivity index (χ3n) is 4.91. The monoisotopic (exact) mass is 603 g/mol. The number of nitrogens with zero attached hydrogens (tertiary/aromatic N) is 3. The highest BCUT2D eigenvalue weighted by Gasteiger charge is 2.16. The smallest absolute Gasteiger partial charge is 0.270 e. The first-order chi connectivity index (χ1) is 17.6. The number of rotatable bonds is 20. The van der Waals surface area contributed by atoms with Crippen LogP contribution in [0.15, 0.2) is 38.4 Å². The molecule has 0 aliphatic heterocycles. The third-order valence-corrected chi connectivity index (χ3v) is 7.32. The van der Waals surface area contributed by atoms with Gasteiger partial charge in [0, 0.05) is 19.6 Å². The van der Waals surface area contributed by atoms with Gasteiger partial charge in [0.2, 0.25) is 0 Å². The Labute approximate surface area is 221 Å². The van der Waals surface area contributed by atoms with Crippen LogP contribution >= 0.6 is 0 Å². The largest absolute Gasteiger partial charge is 0.336 e. The van der Waals surface area contributed by atoms with Crippen LogP contribution in [0.5, 0.6) is 0 Å². The van der Waals surface area contributed by atoms with E-state index in [0.717, 1.165) is 20.0 Å². The Balaban J connectivity index is 3.04. The molecule has 0 aliphatic rings. The molecule has 0 saturated heterocycles. The van der Waals surface area contributed by atoms with E-state index in [1.165, 1.54) is 0 Å². The Morgan fingerprint density at radius 2 is 0.868 bits per heavy atom. The van der Waals surface area contributed by atoms with Crippen LogP contribution in [0.1, 0.15) is 38.5 Å². The maximum Gasteiger partial charge on any atom is 0.336 e. The second-order valence-corrected chi connectivity index (χ2v) is 12.7. The quantitative estimate of drug-likeness (QED) is 0.137. The highest BCUT2D eigenvalue weighted by atomic mass is 32.2. The lowest BCUT2D eigenvalue weighted by Gasteiger charge is -2.14. The van der Waals surface area contributed by atoms with E-state index < -0.39 is 47.4 Å². The average Bonchev–Trinajstić information content (AvgIpc) is 2.83. The third kappa shape index (κ3) is 12.0. The van der Waals surface area contributed by atoms with E-state index >= 15 is 0 Å². The van der Waals surface area contributed by atoms with Gasteiger partial charge in [0.25, 0.3) is 30.4 Å². The van der Waals surface area contributed by atoms with Gasteiger partial charge in [-0.15, -0.1) is 0 Å². The van der Waals surface area contributed by atoms with Gasteiger partial charge >= 0.3 is 17.1 Å². The topological polar surface area (TPSA) is 196 Å². The average molecular weight is 604 g/mol. The van der Waals surface area contributed by atoms with Crippen molar-refractivity contribution < 1.29 is 37.8 Å². The molecule has 1 rings (SSSR count). The first-order valence-corrected chi connectivity index (χ1v) is 16.2. The number of hydrogen-bond donors (Lipinski definition) is 0. The van der Waals surface area contributed by atoms with Crippen molar-refractivity contribution in [2.24, 2.45) is 0 Å². The van der Waals surface area contributed by atoms with Crippen LogP contribution in [-0.4, -0.2) is 65.0 Å². The minimum absolute atomic E-state index is 0.119. The molecule has 0 atom stereocenters. The summed E-state index contributed by atoms with van der Waals surface area (Å²) in [5, 5.41) is 1.29. The van der Waals surface area contributed by atoms with Gasteiger partial charge in [-0.2, -0.15) is 25.3 Å². The number of aromatic nitrogens is 3. The fourth-order valence-electron chi connectivity index (χ4n) is 3.03. The first kappa shape index (κ1) is 33.6. The number of hydrogen-bond acceptors (Lipinski definition) is 12. The molecule has 0 aromatic carbocycles. The molecule has 0 saturated carbocycles. The Kier molecular flexibility index (Phi) is 13.5. The molecule has 0 bridgehead atoms. The van der Waals surface area contributed by atoms with E-state index in [1.807, 2.05) is 0 Å². The van der Waals surface area contributed by atoms with Crippen molar-refractivity contribution in [1.29, 1.82) is 0 Å². The SMILES string of the molecule is C=CS(=O)(=O)OCCCCn1c(=O)n(CCCCOS(C)(=O)=O)c(=O)n(CCCCOS(=O)(=O)C=C)c1=O. The van der Waals surface area contributed by atoms with Gasteiger partial charge < -0.3 is 0 Å². The minimum Gasteiger partial charge on any atom is -0.270 e. The first-order valence-electron chi connectivity index (χ1n) is 11.5. The van der Waals surface area contributed by atoms with Crippen molar-refractivity contribution in [3.63, 3.8) is 0 Å². The zero-order chi connectivity index (χ0) is 29.0. The second kappa shape index (κ2) is 15.3. The van der Waals surface area contributed by atoms with E-state index in [0.29, 0.717) is 10.8 Å². The zero-order valence-electron chi connectivity index (χ0n) is 21.0. The normalized spacial score (nSPS) is 12.4. The van der Waals surface area contributed by atoms with Crippen LogP contribution in [0.3, 0.4) is 0 Å². The summed E-state index contributed by atoms with van der Waals surface area (Å²) in [6.45, 7) is 5.29. The molecule has 38 heavy (non-hydrogen) atoms. The lowest BCUT2D eigenvalue weighted by Crippen LogP contribution is -2.54. The van der Waals surface area contributed by atoms with E-state index in [1.54, 1.807) is 0 Å². The van der Waals surface area contributed by atoms with Gasteiger partial charge in [-0.25, -0.2) is 28.1 Å². The summed E-state index contributed by atoms with van der Waals surface area (Å²) in [5.74, 6) is 0. The van der Waals surface area contributed by atoms with E-state index in [2.05, 4.69) is 25.7 Å². The van der Waals surface area contributed by atoms with Crippen LogP contribution in [0.4, 0.5) is 0 Å². The van der Waals surface area contributed by atoms with Crippen molar-refractivity contribution in [2.75, 3.05) is 26.1 Å². The summed E-state index contributed by atoms with van der Waals surface area (Å²) in [4.78, 5) is 38.8. The minimum atomic E-state index is -3.87. The molecule has 0 unspecified atom stereocenters. The Morgan fingerprint density at radius 3 is 1.13 bits per heavy atom. The molecule has 218 valence electrons. The van der Waals surface area contributed by atoms with Crippen LogP contribution < -0.4 is 17.1 Å². The predicted molar refractivity (Wildman–Crippen MR) is 138 cm³/mol. The maximum absolute atomic E-state index is 12.9. The lowest BCUT2D eigenvalue weighted by atomic mass is 10.3. The van der Waals surface area contributed by atoms with Gasteiger partial charge in [-0.3, -0.25) is 12.5 Å². The van der Waals surface area contributed by atoms with Crippen molar-refractivity contribution >= 4 is 30.4 Å². The molecule has 0 fully saturated rings. The zero-order valence-corrected chi connectivity index (χ0v) is 23.5. The molecule has 1 aromatic heterocycles. The van der Waals surface area contributed by atoms with Gasteiger partial charge in [0.1, 0.15) is 0 Å². The van der Waals surface area contributed by atoms with Gasteiger partial charge in [-0.05, 0) is 38.5 Å². The molecule has 0 spiro atoms. The standard InChI is InChI=1S/C20H33N3O12S3/c1-4-37(29,30)34-16-10-7-13-22-18(24)21(12-6-9-15-33-36(3,27)28)19(25)23(20(22)26)14-8-11-17-35-38(31,32)5-2/h4-5H,1-2,6-17H2,3H3. The Morgan fingerprint density at radius 1 is 0.579 bits per heavy atom. The lowest BCUT2D eigenvalue weighted by molar-refractivity contribution is 0.300. The summed E-state index contributed by atoms with van der Waals surface area (Å²) < 4.78 is 83.9. The van der Waals surface area contributed by atoms with Gasteiger partial charge in [0.15, 0.2) is 0 Å². The van der Waals surface area contributed by atoms with Crippen LogP contribution in [-0.2, 0) is 62.5 Å². The summed E-state index contributed by atoms with van der Waals surface area (Å²) in [6, 6.07) is 0. The van der Waals surface area contributed by atoms with E-state index in [-0.39, 0.29) is 78.0 Å². The highest BCUT2D eigenvalue weighted by Crippen LogP contribution is 2.01. The molecule has 0 N–H and O–H groups in total. The molecule has 1 aromatic rings. The van der Waals surface area contributed by atoms with Crippen molar-refractivity contribution in [3.8, 4) is 0 Å². The van der Waals surface area contributed by atoms with Crippen molar-refractivity contribution in [3.05, 3.63) is 55.4 Å². The second-order valence-electron chi connectivity index (χ2n) is 7.91. The molecule has 18 heteroatoms. The predicted octanol–water partition coefficient (Wildman–Crippen LogP) is -0.532. The van der Waals surface area contributed by atoms with Gasteiger partial charge in [0.05, 0.1) is 36.9 Å². The Hall–Kier alpha value is -2.38.